The number of phenols is 1. The van der Waals surface area contributed by atoms with Crippen molar-refractivity contribution in [2.24, 2.45) is 0 Å². The SMILES string of the molecule is O=C(c1ccc(-c2ccc(O)cc2)cc1)N1CCCC[C@@H]1CCn1cccn1. The van der Waals surface area contributed by atoms with Crippen molar-refractivity contribution in [2.45, 2.75) is 38.3 Å². The molecule has 0 aliphatic carbocycles. The van der Waals surface area contributed by atoms with Crippen LogP contribution in [0.15, 0.2) is 67.0 Å². The van der Waals surface area contributed by atoms with Crippen molar-refractivity contribution in [3.8, 4) is 16.9 Å². The lowest BCUT2D eigenvalue weighted by Crippen LogP contribution is -2.44. The number of nitrogens with zero attached hydrogens (tertiary/aromatic N) is 3. The third kappa shape index (κ3) is 4.09. The summed E-state index contributed by atoms with van der Waals surface area (Å²) in [5.74, 6) is 0.365. The highest BCUT2D eigenvalue weighted by atomic mass is 16.3. The summed E-state index contributed by atoms with van der Waals surface area (Å²) in [5, 5.41) is 13.7. The molecule has 4 rings (SSSR count). The maximum absolute atomic E-state index is 13.1. The number of aryl methyl sites for hydroxylation is 1. The number of amides is 1. The van der Waals surface area contributed by atoms with E-state index in [0.29, 0.717) is 0 Å². The highest BCUT2D eigenvalue weighted by Gasteiger charge is 2.27. The third-order valence-electron chi connectivity index (χ3n) is 5.47. The molecule has 1 amide bonds. The molecule has 1 aliphatic rings. The molecular formula is C23H25N3O2. The lowest BCUT2D eigenvalue weighted by molar-refractivity contribution is 0.0594. The monoisotopic (exact) mass is 375 g/mol. The molecule has 0 radical (unpaired) electrons. The average Bonchev–Trinajstić information content (AvgIpc) is 3.26. The Kier molecular flexibility index (Phi) is 5.42. The van der Waals surface area contributed by atoms with E-state index < -0.39 is 0 Å². The number of aromatic nitrogens is 2. The third-order valence-corrected chi connectivity index (χ3v) is 5.47. The second kappa shape index (κ2) is 8.30. The van der Waals surface area contributed by atoms with Crippen LogP contribution >= 0.6 is 0 Å². The summed E-state index contributed by atoms with van der Waals surface area (Å²) in [5.41, 5.74) is 2.78. The molecule has 2 heterocycles. The van der Waals surface area contributed by atoms with Gasteiger partial charge in [-0.05, 0) is 67.1 Å². The average molecular weight is 375 g/mol. The highest BCUT2D eigenvalue weighted by Crippen LogP contribution is 2.25. The van der Waals surface area contributed by atoms with Gasteiger partial charge in [-0.3, -0.25) is 9.48 Å². The second-order valence-corrected chi connectivity index (χ2v) is 7.33. The molecule has 0 unspecified atom stereocenters. The molecule has 5 heteroatoms. The van der Waals surface area contributed by atoms with Gasteiger partial charge in [0.05, 0.1) is 0 Å². The molecule has 1 aliphatic heterocycles. The Morgan fingerprint density at radius 1 is 1.04 bits per heavy atom. The molecule has 1 aromatic heterocycles. The predicted octanol–water partition coefficient (Wildman–Crippen LogP) is 4.34. The van der Waals surface area contributed by atoms with Gasteiger partial charge in [0, 0.05) is 37.1 Å². The fraction of sp³-hybridized carbons (Fsp3) is 0.304. The van der Waals surface area contributed by atoms with E-state index in [1.54, 1.807) is 18.3 Å². The highest BCUT2D eigenvalue weighted by molar-refractivity contribution is 5.95. The number of rotatable bonds is 5. The first-order chi connectivity index (χ1) is 13.7. The minimum atomic E-state index is 0.113. The Labute approximate surface area is 165 Å². The van der Waals surface area contributed by atoms with Crippen LogP contribution in [0, 0.1) is 0 Å². The Morgan fingerprint density at radius 2 is 1.75 bits per heavy atom. The van der Waals surface area contributed by atoms with Crippen LogP contribution in [0.25, 0.3) is 11.1 Å². The minimum absolute atomic E-state index is 0.113. The molecule has 0 saturated carbocycles. The van der Waals surface area contributed by atoms with Crippen molar-refractivity contribution in [3.63, 3.8) is 0 Å². The van der Waals surface area contributed by atoms with Gasteiger partial charge in [0.15, 0.2) is 0 Å². The van der Waals surface area contributed by atoms with Crippen LogP contribution < -0.4 is 0 Å². The summed E-state index contributed by atoms with van der Waals surface area (Å²) >= 11 is 0. The summed E-state index contributed by atoms with van der Waals surface area (Å²) in [6.07, 6.45) is 7.98. The molecule has 5 nitrogen and oxygen atoms in total. The molecule has 28 heavy (non-hydrogen) atoms. The summed E-state index contributed by atoms with van der Waals surface area (Å²) in [6, 6.07) is 17.1. The molecule has 0 bridgehead atoms. The topological polar surface area (TPSA) is 58.4 Å². The van der Waals surface area contributed by atoms with E-state index in [1.807, 2.05) is 58.2 Å². The van der Waals surface area contributed by atoms with Crippen LogP contribution in [0.3, 0.4) is 0 Å². The second-order valence-electron chi connectivity index (χ2n) is 7.33. The summed E-state index contributed by atoms with van der Waals surface area (Å²) in [7, 11) is 0. The molecule has 1 saturated heterocycles. The van der Waals surface area contributed by atoms with E-state index in [0.717, 1.165) is 49.0 Å². The van der Waals surface area contributed by atoms with E-state index in [2.05, 4.69) is 5.10 Å². The van der Waals surface area contributed by atoms with Gasteiger partial charge in [-0.15, -0.1) is 0 Å². The molecule has 1 fully saturated rings. The van der Waals surface area contributed by atoms with Crippen molar-refractivity contribution in [2.75, 3.05) is 6.54 Å². The number of aromatic hydroxyl groups is 1. The summed E-state index contributed by atoms with van der Waals surface area (Å²) in [4.78, 5) is 15.2. The zero-order valence-electron chi connectivity index (χ0n) is 15.9. The van der Waals surface area contributed by atoms with Gasteiger partial charge < -0.3 is 10.0 Å². The van der Waals surface area contributed by atoms with Gasteiger partial charge >= 0.3 is 0 Å². The van der Waals surface area contributed by atoms with Gasteiger partial charge in [0.1, 0.15) is 5.75 Å². The van der Waals surface area contributed by atoms with E-state index >= 15 is 0 Å². The first-order valence-corrected chi connectivity index (χ1v) is 9.88. The standard InChI is InChI=1S/C23H25N3O2/c27-22-11-9-19(10-12-22)18-5-7-20(8-6-18)23(28)26-16-2-1-4-21(26)13-17-25-15-3-14-24-25/h3,5-12,14-15,21,27H,1-2,4,13,16-17H2/t21-/m1/s1. The Morgan fingerprint density at radius 3 is 2.43 bits per heavy atom. The number of likely N-dealkylation sites (tertiary alicyclic amines) is 1. The number of hydrogen-bond acceptors (Lipinski definition) is 3. The predicted molar refractivity (Wildman–Crippen MR) is 109 cm³/mol. The molecule has 3 aromatic rings. The Bertz CT molecular complexity index is 902. The summed E-state index contributed by atoms with van der Waals surface area (Å²) in [6.45, 7) is 1.66. The minimum Gasteiger partial charge on any atom is -0.508 e. The fourth-order valence-corrected chi connectivity index (χ4v) is 3.91. The largest absolute Gasteiger partial charge is 0.508 e. The van der Waals surface area contributed by atoms with Crippen molar-refractivity contribution in [3.05, 3.63) is 72.6 Å². The fourth-order valence-electron chi connectivity index (χ4n) is 3.91. The van der Waals surface area contributed by atoms with Crippen molar-refractivity contribution >= 4 is 5.91 Å². The first-order valence-electron chi connectivity index (χ1n) is 9.88. The smallest absolute Gasteiger partial charge is 0.254 e. The molecule has 2 aromatic carbocycles. The van der Waals surface area contributed by atoms with Crippen molar-refractivity contribution in [1.82, 2.24) is 14.7 Å². The number of hydrogen-bond donors (Lipinski definition) is 1. The van der Waals surface area contributed by atoms with Crippen molar-refractivity contribution < 1.29 is 9.90 Å². The van der Waals surface area contributed by atoms with Crippen LogP contribution in [0.4, 0.5) is 0 Å². The van der Waals surface area contributed by atoms with Crippen LogP contribution in [0.5, 0.6) is 5.75 Å². The Balaban J connectivity index is 1.46. The van der Waals surface area contributed by atoms with E-state index in [9.17, 15) is 9.90 Å². The van der Waals surface area contributed by atoms with Crippen LogP contribution in [-0.4, -0.2) is 38.3 Å². The normalized spacial score (nSPS) is 16.9. The molecule has 1 N–H and O–H groups in total. The van der Waals surface area contributed by atoms with Gasteiger partial charge in [0.2, 0.25) is 0 Å². The maximum atomic E-state index is 13.1. The van der Waals surface area contributed by atoms with Crippen LogP contribution in [-0.2, 0) is 6.54 Å². The number of carbonyl (C=O) groups is 1. The number of carbonyl (C=O) groups excluding carboxylic acids is 1. The molecule has 1 atom stereocenters. The zero-order valence-corrected chi connectivity index (χ0v) is 15.9. The lowest BCUT2D eigenvalue weighted by atomic mass is 9.97. The molecular weight excluding hydrogens is 350 g/mol. The van der Waals surface area contributed by atoms with E-state index in [4.69, 9.17) is 0 Å². The Hall–Kier alpha value is -3.08. The van der Waals surface area contributed by atoms with E-state index in [1.165, 1.54) is 6.42 Å². The van der Waals surface area contributed by atoms with Crippen LogP contribution in [0.2, 0.25) is 0 Å². The summed E-state index contributed by atoms with van der Waals surface area (Å²) < 4.78 is 1.93. The van der Waals surface area contributed by atoms with Gasteiger partial charge in [-0.1, -0.05) is 24.3 Å². The number of benzene rings is 2. The quantitative estimate of drug-likeness (QED) is 0.722. The van der Waals surface area contributed by atoms with E-state index in [-0.39, 0.29) is 17.7 Å². The van der Waals surface area contributed by atoms with Gasteiger partial charge in [-0.25, -0.2) is 0 Å². The number of phenolic OH excluding ortho intramolecular Hbond substituents is 1. The van der Waals surface area contributed by atoms with Crippen LogP contribution in [0.1, 0.15) is 36.0 Å². The number of piperidine rings is 1. The van der Waals surface area contributed by atoms with Gasteiger partial charge in [0.25, 0.3) is 5.91 Å². The zero-order chi connectivity index (χ0) is 19.3. The first kappa shape index (κ1) is 18.3. The maximum Gasteiger partial charge on any atom is 0.254 e. The lowest BCUT2D eigenvalue weighted by Gasteiger charge is -2.36. The van der Waals surface area contributed by atoms with Gasteiger partial charge in [-0.2, -0.15) is 5.10 Å². The molecule has 0 spiro atoms. The van der Waals surface area contributed by atoms with Crippen molar-refractivity contribution in [1.29, 1.82) is 0 Å². The molecule has 144 valence electrons.